The van der Waals surface area contributed by atoms with Gasteiger partial charge in [0, 0.05) is 11.6 Å². The van der Waals surface area contributed by atoms with Crippen LogP contribution in [-0.4, -0.2) is 23.6 Å². The normalized spacial score (nSPS) is 19.6. The van der Waals surface area contributed by atoms with Crippen molar-refractivity contribution in [2.45, 2.75) is 20.3 Å². The van der Waals surface area contributed by atoms with E-state index in [1.807, 2.05) is 0 Å². The zero-order valence-electron chi connectivity index (χ0n) is 11.0. The predicted octanol–water partition coefficient (Wildman–Crippen LogP) is 2.13. The van der Waals surface area contributed by atoms with Crippen LogP contribution in [0.1, 0.15) is 20.3 Å². The van der Waals surface area contributed by atoms with E-state index in [1.54, 1.807) is 24.3 Å². The fraction of sp³-hybridized carbons (Fsp3) is 0.429. The number of anilines is 1. The lowest BCUT2D eigenvalue weighted by Gasteiger charge is -2.08. The molecule has 1 aliphatic carbocycles. The summed E-state index contributed by atoms with van der Waals surface area (Å²) in [4.78, 5) is 22.2. The van der Waals surface area contributed by atoms with Gasteiger partial charge in [0.2, 0.25) is 5.91 Å². The molecule has 1 aromatic rings. The van der Waals surface area contributed by atoms with Crippen LogP contribution in [-0.2, 0) is 9.59 Å². The number of carbonyl (C=O) groups excluding carboxylic acids is 1. The van der Waals surface area contributed by atoms with Gasteiger partial charge in [0.25, 0.3) is 0 Å². The second-order valence-corrected chi connectivity index (χ2v) is 5.44. The van der Waals surface area contributed by atoms with Crippen molar-refractivity contribution >= 4 is 17.6 Å². The number of carbonyl (C=O) groups is 2. The molecule has 19 heavy (non-hydrogen) atoms. The van der Waals surface area contributed by atoms with Gasteiger partial charge in [-0.1, -0.05) is 13.8 Å². The number of aliphatic carboxylic acids is 1. The van der Waals surface area contributed by atoms with Crippen molar-refractivity contribution in [3.63, 3.8) is 0 Å². The Kier molecular flexibility index (Phi) is 3.46. The summed E-state index contributed by atoms with van der Waals surface area (Å²) < 4.78 is 5.01. The quantitative estimate of drug-likeness (QED) is 0.853. The maximum Gasteiger partial charge on any atom is 0.341 e. The molecular weight excluding hydrogens is 246 g/mol. The highest BCUT2D eigenvalue weighted by molar-refractivity contribution is 5.95. The van der Waals surface area contributed by atoms with E-state index in [-0.39, 0.29) is 23.8 Å². The molecule has 1 saturated carbocycles. The van der Waals surface area contributed by atoms with Gasteiger partial charge >= 0.3 is 5.97 Å². The van der Waals surface area contributed by atoms with Gasteiger partial charge in [0.15, 0.2) is 6.61 Å². The van der Waals surface area contributed by atoms with Crippen LogP contribution in [0.4, 0.5) is 5.69 Å². The minimum atomic E-state index is -1.02. The summed E-state index contributed by atoms with van der Waals surface area (Å²) in [6, 6.07) is 6.67. The first-order chi connectivity index (χ1) is 8.88. The number of hydrogen-bond donors (Lipinski definition) is 2. The topological polar surface area (TPSA) is 75.6 Å². The third kappa shape index (κ3) is 3.47. The molecule has 102 valence electrons. The monoisotopic (exact) mass is 263 g/mol. The number of benzene rings is 1. The third-order valence-electron chi connectivity index (χ3n) is 3.31. The SMILES string of the molecule is CC1(C)C[C@@H]1C(=O)Nc1ccc(OCC(=O)O)cc1. The molecule has 0 bridgehead atoms. The standard InChI is InChI=1S/C14H17NO4/c1-14(2)7-11(14)13(18)15-9-3-5-10(6-4-9)19-8-12(16)17/h3-6,11H,7-8H2,1-2H3,(H,15,18)(H,16,17)/t11-/m1/s1. The zero-order chi connectivity index (χ0) is 14.0. The maximum atomic E-state index is 11.9. The Morgan fingerprint density at radius 3 is 2.42 bits per heavy atom. The molecule has 0 spiro atoms. The summed E-state index contributed by atoms with van der Waals surface area (Å²) in [7, 11) is 0. The molecule has 1 amide bonds. The van der Waals surface area contributed by atoms with E-state index >= 15 is 0 Å². The molecule has 1 aliphatic rings. The van der Waals surface area contributed by atoms with E-state index in [1.165, 1.54) is 0 Å². The van der Waals surface area contributed by atoms with Gasteiger partial charge < -0.3 is 15.2 Å². The molecule has 1 aromatic carbocycles. The van der Waals surface area contributed by atoms with Gasteiger partial charge in [-0.3, -0.25) is 4.79 Å². The number of carboxylic acids is 1. The highest BCUT2D eigenvalue weighted by atomic mass is 16.5. The number of hydrogen-bond acceptors (Lipinski definition) is 3. The van der Waals surface area contributed by atoms with E-state index in [2.05, 4.69) is 19.2 Å². The van der Waals surface area contributed by atoms with Crippen LogP contribution in [0.3, 0.4) is 0 Å². The molecular formula is C14H17NO4. The van der Waals surface area contributed by atoms with Crippen molar-refractivity contribution < 1.29 is 19.4 Å². The van der Waals surface area contributed by atoms with Crippen LogP contribution in [0.2, 0.25) is 0 Å². The van der Waals surface area contributed by atoms with Crippen LogP contribution >= 0.6 is 0 Å². The van der Waals surface area contributed by atoms with Crippen LogP contribution in [0.5, 0.6) is 5.75 Å². The van der Waals surface area contributed by atoms with E-state index in [0.717, 1.165) is 6.42 Å². The summed E-state index contributed by atoms with van der Waals surface area (Å²) in [5.41, 5.74) is 0.796. The van der Waals surface area contributed by atoms with Crippen LogP contribution in [0.15, 0.2) is 24.3 Å². The molecule has 0 unspecified atom stereocenters. The predicted molar refractivity (Wildman–Crippen MR) is 70.1 cm³/mol. The molecule has 5 heteroatoms. The van der Waals surface area contributed by atoms with E-state index in [0.29, 0.717) is 11.4 Å². The van der Waals surface area contributed by atoms with Crippen LogP contribution in [0.25, 0.3) is 0 Å². The Morgan fingerprint density at radius 1 is 1.37 bits per heavy atom. The number of nitrogens with one attached hydrogen (secondary N) is 1. The van der Waals surface area contributed by atoms with E-state index in [9.17, 15) is 9.59 Å². The first-order valence-corrected chi connectivity index (χ1v) is 6.14. The van der Waals surface area contributed by atoms with Gasteiger partial charge in [-0.25, -0.2) is 4.79 Å². The first kappa shape index (κ1) is 13.4. The lowest BCUT2D eigenvalue weighted by Crippen LogP contribution is -2.16. The highest BCUT2D eigenvalue weighted by Gasteiger charge is 2.50. The Balaban J connectivity index is 1.88. The molecule has 0 radical (unpaired) electrons. The molecule has 1 atom stereocenters. The second kappa shape index (κ2) is 4.91. The molecule has 0 heterocycles. The lowest BCUT2D eigenvalue weighted by molar-refractivity contribution is -0.139. The summed E-state index contributed by atoms with van der Waals surface area (Å²) in [5, 5.41) is 11.3. The number of amides is 1. The average molecular weight is 263 g/mol. The minimum Gasteiger partial charge on any atom is -0.482 e. The maximum absolute atomic E-state index is 11.9. The number of rotatable bonds is 5. The lowest BCUT2D eigenvalue weighted by atomic mass is 10.1. The van der Waals surface area contributed by atoms with E-state index < -0.39 is 5.97 Å². The van der Waals surface area contributed by atoms with E-state index in [4.69, 9.17) is 9.84 Å². The molecule has 0 saturated heterocycles. The van der Waals surface area contributed by atoms with Gasteiger partial charge in [-0.15, -0.1) is 0 Å². The van der Waals surface area contributed by atoms with Crippen molar-refractivity contribution in [2.75, 3.05) is 11.9 Å². The van der Waals surface area contributed by atoms with Gasteiger partial charge in [0.1, 0.15) is 5.75 Å². The zero-order valence-corrected chi connectivity index (χ0v) is 11.0. The summed E-state index contributed by atoms with van der Waals surface area (Å²) in [5.74, 6) is -0.444. The largest absolute Gasteiger partial charge is 0.482 e. The Morgan fingerprint density at radius 2 is 1.95 bits per heavy atom. The van der Waals surface area contributed by atoms with Crippen molar-refractivity contribution in [3.05, 3.63) is 24.3 Å². The van der Waals surface area contributed by atoms with Crippen molar-refractivity contribution in [3.8, 4) is 5.75 Å². The fourth-order valence-corrected chi connectivity index (χ4v) is 1.92. The van der Waals surface area contributed by atoms with Crippen LogP contribution < -0.4 is 10.1 Å². The summed E-state index contributed by atoms with van der Waals surface area (Å²) in [6.45, 7) is 3.77. The minimum absolute atomic E-state index is 0.0317. The number of carboxylic acid groups (broad SMARTS) is 1. The fourth-order valence-electron chi connectivity index (χ4n) is 1.92. The Bertz CT molecular complexity index is 493. The molecule has 2 rings (SSSR count). The number of ether oxygens (including phenoxy) is 1. The summed E-state index contributed by atoms with van der Waals surface area (Å²) >= 11 is 0. The highest BCUT2D eigenvalue weighted by Crippen LogP contribution is 2.51. The molecule has 2 N–H and O–H groups in total. The Labute approximate surface area is 111 Å². The molecule has 1 fully saturated rings. The molecule has 0 aliphatic heterocycles. The molecule has 5 nitrogen and oxygen atoms in total. The van der Waals surface area contributed by atoms with Crippen molar-refractivity contribution in [2.24, 2.45) is 11.3 Å². The van der Waals surface area contributed by atoms with Crippen molar-refractivity contribution in [1.82, 2.24) is 0 Å². The molecule has 0 aromatic heterocycles. The van der Waals surface area contributed by atoms with Gasteiger partial charge in [-0.2, -0.15) is 0 Å². The average Bonchev–Trinajstić information content (AvgIpc) is 2.98. The van der Waals surface area contributed by atoms with Gasteiger partial charge in [0.05, 0.1) is 0 Å². The van der Waals surface area contributed by atoms with Gasteiger partial charge in [-0.05, 0) is 36.1 Å². The second-order valence-electron chi connectivity index (χ2n) is 5.44. The first-order valence-electron chi connectivity index (χ1n) is 6.14. The Hall–Kier alpha value is -2.04. The van der Waals surface area contributed by atoms with Crippen LogP contribution in [0, 0.1) is 11.3 Å². The third-order valence-corrected chi connectivity index (χ3v) is 3.31. The summed E-state index contributed by atoms with van der Waals surface area (Å²) in [6.07, 6.45) is 0.915. The van der Waals surface area contributed by atoms with Crippen molar-refractivity contribution in [1.29, 1.82) is 0 Å². The smallest absolute Gasteiger partial charge is 0.341 e.